The monoisotopic (exact) mass is 184 g/mol. The minimum atomic E-state index is 0.0422. The number of nitrogens with two attached hydrogens (primary N) is 1. The largest absolute Gasteiger partial charge is 0.377 e. The van der Waals surface area contributed by atoms with Gasteiger partial charge in [-0.1, -0.05) is 6.42 Å². The fraction of sp³-hybridized carbons (Fsp3) is 0.889. The first-order valence-electron chi connectivity index (χ1n) is 4.91. The van der Waals surface area contributed by atoms with Gasteiger partial charge in [0.05, 0.1) is 25.2 Å². The normalized spacial score (nSPS) is 34.2. The summed E-state index contributed by atoms with van der Waals surface area (Å²) in [5, 5.41) is 2.94. The molecule has 1 saturated carbocycles. The number of carbonyl (C=O) groups excluding carboxylic acids is 1. The van der Waals surface area contributed by atoms with Gasteiger partial charge in [0, 0.05) is 6.04 Å². The molecule has 1 saturated heterocycles. The molecule has 2 rings (SSSR count). The molecule has 0 aromatic rings. The summed E-state index contributed by atoms with van der Waals surface area (Å²) in [6, 6.07) is 0.307. The second-order valence-corrected chi connectivity index (χ2v) is 3.94. The van der Waals surface area contributed by atoms with Crippen LogP contribution in [0.1, 0.15) is 19.3 Å². The molecular formula is C9H16N2O2. The quantitative estimate of drug-likeness (QED) is 0.615. The van der Waals surface area contributed by atoms with Crippen LogP contribution in [0.25, 0.3) is 0 Å². The van der Waals surface area contributed by atoms with Crippen molar-refractivity contribution < 1.29 is 9.53 Å². The second kappa shape index (κ2) is 3.64. The fourth-order valence-corrected chi connectivity index (χ4v) is 1.94. The van der Waals surface area contributed by atoms with Crippen molar-refractivity contribution in [3.63, 3.8) is 0 Å². The lowest BCUT2D eigenvalue weighted by Crippen LogP contribution is -2.51. The zero-order valence-electron chi connectivity index (χ0n) is 7.66. The van der Waals surface area contributed by atoms with E-state index in [1.807, 2.05) is 0 Å². The van der Waals surface area contributed by atoms with Crippen LogP contribution in [0.2, 0.25) is 0 Å². The van der Waals surface area contributed by atoms with E-state index < -0.39 is 0 Å². The number of carbonyl (C=O) groups is 1. The molecule has 0 aromatic carbocycles. The third kappa shape index (κ3) is 1.84. The van der Waals surface area contributed by atoms with Gasteiger partial charge in [-0.2, -0.15) is 0 Å². The van der Waals surface area contributed by atoms with E-state index in [0.717, 1.165) is 19.3 Å². The van der Waals surface area contributed by atoms with Crippen molar-refractivity contribution in [3.05, 3.63) is 0 Å². The zero-order valence-corrected chi connectivity index (χ0v) is 7.66. The van der Waals surface area contributed by atoms with E-state index in [1.54, 1.807) is 0 Å². The Labute approximate surface area is 77.8 Å². The van der Waals surface area contributed by atoms with Gasteiger partial charge in [0.25, 0.3) is 0 Å². The number of hydrogen-bond acceptors (Lipinski definition) is 3. The number of ether oxygens (including phenoxy) is 1. The average molecular weight is 184 g/mol. The number of amides is 1. The van der Waals surface area contributed by atoms with E-state index in [-0.39, 0.29) is 23.9 Å². The summed E-state index contributed by atoms with van der Waals surface area (Å²) < 4.78 is 4.98. The highest BCUT2D eigenvalue weighted by Gasteiger charge is 2.32. The van der Waals surface area contributed by atoms with Gasteiger partial charge in [0.15, 0.2) is 0 Å². The number of rotatable bonds is 2. The molecule has 1 heterocycles. The van der Waals surface area contributed by atoms with Crippen molar-refractivity contribution in [2.45, 2.75) is 31.3 Å². The Morgan fingerprint density at radius 1 is 1.38 bits per heavy atom. The topological polar surface area (TPSA) is 64.4 Å². The summed E-state index contributed by atoms with van der Waals surface area (Å²) in [6.45, 7) is 1.32. The van der Waals surface area contributed by atoms with Crippen LogP contribution in [-0.2, 0) is 9.53 Å². The fourth-order valence-electron chi connectivity index (χ4n) is 1.94. The molecule has 2 aliphatic rings. The highest BCUT2D eigenvalue weighted by Crippen LogP contribution is 2.24. The van der Waals surface area contributed by atoms with Crippen molar-refractivity contribution in [2.24, 2.45) is 11.7 Å². The summed E-state index contributed by atoms with van der Waals surface area (Å²) in [7, 11) is 0. The van der Waals surface area contributed by atoms with Crippen LogP contribution in [0.5, 0.6) is 0 Å². The van der Waals surface area contributed by atoms with Crippen LogP contribution in [0.4, 0.5) is 0 Å². The van der Waals surface area contributed by atoms with Gasteiger partial charge in [0.1, 0.15) is 0 Å². The van der Waals surface area contributed by atoms with E-state index in [4.69, 9.17) is 10.5 Å². The number of hydrogen-bond donors (Lipinski definition) is 2. The summed E-state index contributed by atoms with van der Waals surface area (Å²) in [4.78, 5) is 11.6. The van der Waals surface area contributed by atoms with Crippen LogP contribution in [0.3, 0.4) is 0 Å². The van der Waals surface area contributed by atoms with Crippen molar-refractivity contribution in [2.75, 3.05) is 13.2 Å². The Morgan fingerprint density at radius 2 is 2.15 bits per heavy atom. The molecule has 0 aromatic heterocycles. The molecule has 13 heavy (non-hydrogen) atoms. The van der Waals surface area contributed by atoms with Crippen molar-refractivity contribution >= 4 is 5.91 Å². The smallest absolute Gasteiger partial charge is 0.225 e. The third-order valence-electron chi connectivity index (χ3n) is 2.89. The highest BCUT2D eigenvalue weighted by atomic mass is 16.5. The summed E-state index contributed by atoms with van der Waals surface area (Å²) >= 11 is 0. The van der Waals surface area contributed by atoms with Gasteiger partial charge >= 0.3 is 0 Å². The predicted octanol–water partition coefficient (Wildman–Crippen LogP) is -0.371. The van der Waals surface area contributed by atoms with Crippen molar-refractivity contribution in [1.82, 2.24) is 5.32 Å². The molecule has 0 bridgehead atoms. The first-order valence-corrected chi connectivity index (χ1v) is 4.91. The molecule has 2 atom stereocenters. The maximum absolute atomic E-state index is 11.6. The van der Waals surface area contributed by atoms with E-state index in [2.05, 4.69) is 5.32 Å². The average Bonchev–Trinajstić information content (AvgIpc) is 2.43. The van der Waals surface area contributed by atoms with E-state index in [1.165, 1.54) is 0 Å². The minimum absolute atomic E-state index is 0.0422. The molecule has 74 valence electrons. The Kier molecular flexibility index (Phi) is 2.51. The molecular weight excluding hydrogens is 168 g/mol. The van der Waals surface area contributed by atoms with Crippen LogP contribution < -0.4 is 11.1 Å². The highest BCUT2D eigenvalue weighted by molar-refractivity contribution is 5.80. The summed E-state index contributed by atoms with van der Waals surface area (Å²) in [5.41, 5.74) is 5.82. The molecule has 1 amide bonds. The van der Waals surface area contributed by atoms with Crippen molar-refractivity contribution in [3.8, 4) is 0 Å². The standard InChI is InChI=1S/C9H16N2O2/c10-8-3-1-2-7(8)9(12)11-6-4-13-5-6/h6-8H,1-5,10H2,(H,11,12). The van der Waals surface area contributed by atoms with Crippen LogP contribution >= 0.6 is 0 Å². The molecule has 0 spiro atoms. The molecule has 0 radical (unpaired) electrons. The van der Waals surface area contributed by atoms with E-state index >= 15 is 0 Å². The minimum Gasteiger partial charge on any atom is -0.377 e. The molecule has 4 heteroatoms. The SMILES string of the molecule is NC1CCCC1C(=O)NC1COC1. The zero-order chi connectivity index (χ0) is 9.26. The Bertz CT molecular complexity index is 204. The lowest BCUT2D eigenvalue weighted by Gasteiger charge is -2.28. The second-order valence-electron chi connectivity index (χ2n) is 3.94. The lowest BCUT2D eigenvalue weighted by molar-refractivity contribution is -0.129. The first-order chi connectivity index (χ1) is 6.27. The third-order valence-corrected chi connectivity index (χ3v) is 2.89. The van der Waals surface area contributed by atoms with Gasteiger partial charge in [-0.3, -0.25) is 4.79 Å². The van der Waals surface area contributed by atoms with Gasteiger partial charge in [-0.15, -0.1) is 0 Å². The molecule has 4 nitrogen and oxygen atoms in total. The van der Waals surface area contributed by atoms with Gasteiger partial charge in [0.2, 0.25) is 5.91 Å². The Hall–Kier alpha value is -0.610. The molecule has 1 aliphatic heterocycles. The van der Waals surface area contributed by atoms with Crippen LogP contribution in [-0.4, -0.2) is 31.2 Å². The molecule has 2 fully saturated rings. The summed E-state index contributed by atoms with van der Waals surface area (Å²) in [5.74, 6) is 0.166. The maximum Gasteiger partial charge on any atom is 0.225 e. The van der Waals surface area contributed by atoms with Crippen LogP contribution in [0, 0.1) is 5.92 Å². The predicted molar refractivity (Wildman–Crippen MR) is 48.1 cm³/mol. The Morgan fingerprint density at radius 3 is 2.62 bits per heavy atom. The van der Waals surface area contributed by atoms with Crippen LogP contribution in [0.15, 0.2) is 0 Å². The summed E-state index contributed by atoms with van der Waals surface area (Å²) in [6.07, 6.45) is 3.01. The van der Waals surface area contributed by atoms with Crippen molar-refractivity contribution in [1.29, 1.82) is 0 Å². The van der Waals surface area contributed by atoms with Gasteiger partial charge in [-0.05, 0) is 12.8 Å². The maximum atomic E-state index is 11.6. The molecule has 2 unspecified atom stereocenters. The van der Waals surface area contributed by atoms with E-state index in [0.29, 0.717) is 13.2 Å². The lowest BCUT2D eigenvalue weighted by atomic mass is 10.0. The Balaban J connectivity index is 1.81. The van der Waals surface area contributed by atoms with E-state index in [9.17, 15) is 4.79 Å². The molecule has 3 N–H and O–H groups in total. The van der Waals surface area contributed by atoms with Gasteiger partial charge in [-0.25, -0.2) is 0 Å². The number of nitrogens with one attached hydrogen (secondary N) is 1. The van der Waals surface area contributed by atoms with Gasteiger partial charge < -0.3 is 15.8 Å². The molecule has 1 aliphatic carbocycles. The first kappa shape index (κ1) is 8.97.